The number of aliphatic hydroxyl groups excluding tert-OH is 1. The summed E-state index contributed by atoms with van der Waals surface area (Å²) in [6.07, 6.45) is 3.54. The molecule has 0 radical (unpaired) electrons. The van der Waals surface area contributed by atoms with Crippen molar-refractivity contribution in [1.29, 1.82) is 0 Å². The number of nitrogens with two attached hydrogens (primary N) is 1. The van der Waals surface area contributed by atoms with E-state index in [0.717, 1.165) is 19.4 Å². The van der Waals surface area contributed by atoms with Crippen LogP contribution in [0.15, 0.2) is 0 Å². The van der Waals surface area contributed by atoms with E-state index in [1.54, 1.807) is 6.92 Å². The first-order valence-corrected chi connectivity index (χ1v) is 5.74. The van der Waals surface area contributed by atoms with Crippen molar-refractivity contribution in [2.24, 2.45) is 17.1 Å². The highest BCUT2D eigenvalue weighted by Gasteiger charge is 2.51. The van der Waals surface area contributed by atoms with Crippen molar-refractivity contribution in [3.63, 3.8) is 0 Å². The summed E-state index contributed by atoms with van der Waals surface area (Å²) in [7, 11) is 0. The van der Waals surface area contributed by atoms with E-state index < -0.39 is 6.04 Å². The van der Waals surface area contributed by atoms with E-state index in [1.165, 1.54) is 6.42 Å². The summed E-state index contributed by atoms with van der Waals surface area (Å²) in [5.74, 6) is 0.297. The van der Waals surface area contributed by atoms with E-state index >= 15 is 0 Å². The molecule has 1 heterocycles. The molecule has 2 unspecified atom stereocenters. The maximum Gasteiger partial charge on any atom is 0.239 e. The molecule has 0 aromatic carbocycles. The molecule has 1 saturated carbocycles. The van der Waals surface area contributed by atoms with Crippen LogP contribution in [0, 0.1) is 11.3 Å². The number of rotatable bonds is 2. The average Bonchev–Trinajstić information content (AvgIpc) is 2.55. The zero-order chi connectivity index (χ0) is 11.1. The van der Waals surface area contributed by atoms with Crippen LogP contribution in [0.5, 0.6) is 0 Å². The molecule has 1 amide bonds. The highest BCUT2D eigenvalue weighted by Crippen LogP contribution is 2.51. The topological polar surface area (TPSA) is 66.6 Å². The third-order valence-corrected chi connectivity index (χ3v) is 4.08. The molecule has 86 valence electrons. The van der Waals surface area contributed by atoms with Crippen molar-refractivity contribution in [1.82, 2.24) is 4.90 Å². The van der Waals surface area contributed by atoms with Gasteiger partial charge in [0.1, 0.15) is 0 Å². The number of hydrogen-bond donors (Lipinski definition) is 2. The Morgan fingerprint density at radius 3 is 2.67 bits per heavy atom. The Bertz CT molecular complexity index is 261. The summed E-state index contributed by atoms with van der Waals surface area (Å²) < 4.78 is 0. The molecule has 2 atom stereocenters. The fourth-order valence-electron chi connectivity index (χ4n) is 2.94. The summed E-state index contributed by atoms with van der Waals surface area (Å²) in [4.78, 5) is 13.6. The first kappa shape index (κ1) is 10.9. The summed E-state index contributed by atoms with van der Waals surface area (Å²) in [6, 6.07) is -0.417. The lowest BCUT2D eigenvalue weighted by molar-refractivity contribution is -0.131. The lowest BCUT2D eigenvalue weighted by Gasteiger charge is -2.42. The van der Waals surface area contributed by atoms with Gasteiger partial charge in [-0.15, -0.1) is 0 Å². The first-order chi connectivity index (χ1) is 7.09. The fraction of sp³-hybridized carbons (Fsp3) is 0.909. The minimum atomic E-state index is -0.417. The zero-order valence-corrected chi connectivity index (χ0v) is 9.28. The maximum absolute atomic E-state index is 11.8. The minimum Gasteiger partial charge on any atom is -0.396 e. The molecule has 2 rings (SSSR count). The molecule has 15 heavy (non-hydrogen) atoms. The Labute approximate surface area is 90.4 Å². The summed E-state index contributed by atoms with van der Waals surface area (Å²) >= 11 is 0. The van der Waals surface area contributed by atoms with Crippen LogP contribution in [-0.4, -0.2) is 41.7 Å². The van der Waals surface area contributed by atoms with Gasteiger partial charge in [-0.05, 0) is 25.2 Å². The predicted octanol–water partition coefficient (Wildman–Crippen LogP) is -0.0454. The molecule has 1 spiro atoms. The molecule has 3 N–H and O–H groups in total. The quantitative estimate of drug-likeness (QED) is 0.674. The lowest BCUT2D eigenvalue weighted by atomic mass is 9.63. The summed E-state index contributed by atoms with van der Waals surface area (Å²) in [5, 5.41) is 9.34. The van der Waals surface area contributed by atoms with E-state index in [1.807, 2.05) is 4.90 Å². The van der Waals surface area contributed by atoms with E-state index in [0.29, 0.717) is 6.54 Å². The number of likely N-dealkylation sites (tertiary alicyclic amines) is 1. The largest absolute Gasteiger partial charge is 0.396 e. The van der Waals surface area contributed by atoms with Crippen molar-refractivity contribution >= 4 is 5.91 Å². The molecular weight excluding hydrogens is 192 g/mol. The number of carbonyl (C=O) groups excluding carboxylic acids is 1. The van der Waals surface area contributed by atoms with Gasteiger partial charge in [-0.1, -0.05) is 6.42 Å². The molecule has 1 saturated heterocycles. The minimum absolute atomic E-state index is 0.0252. The van der Waals surface area contributed by atoms with Gasteiger partial charge in [0.15, 0.2) is 0 Å². The second-order valence-corrected chi connectivity index (χ2v) is 5.10. The Kier molecular flexibility index (Phi) is 2.73. The molecule has 2 fully saturated rings. The van der Waals surface area contributed by atoms with Gasteiger partial charge in [-0.2, -0.15) is 0 Å². The van der Waals surface area contributed by atoms with Gasteiger partial charge < -0.3 is 15.7 Å². The van der Waals surface area contributed by atoms with Gasteiger partial charge in [-0.3, -0.25) is 4.79 Å². The molecule has 4 heteroatoms. The van der Waals surface area contributed by atoms with Crippen molar-refractivity contribution in [3.05, 3.63) is 0 Å². The van der Waals surface area contributed by atoms with Gasteiger partial charge in [0.05, 0.1) is 6.04 Å². The summed E-state index contributed by atoms with van der Waals surface area (Å²) in [6.45, 7) is 3.42. The van der Waals surface area contributed by atoms with Crippen LogP contribution in [0.3, 0.4) is 0 Å². The number of carbonyl (C=O) groups is 1. The molecule has 0 aromatic rings. The third-order valence-electron chi connectivity index (χ3n) is 4.08. The monoisotopic (exact) mass is 212 g/mol. The van der Waals surface area contributed by atoms with E-state index in [-0.39, 0.29) is 23.8 Å². The lowest BCUT2D eigenvalue weighted by Crippen LogP contribution is -2.43. The van der Waals surface area contributed by atoms with Gasteiger partial charge in [0.25, 0.3) is 0 Å². The Balaban J connectivity index is 2.05. The summed E-state index contributed by atoms with van der Waals surface area (Å²) in [5.41, 5.74) is 5.82. The van der Waals surface area contributed by atoms with Crippen molar-refractivity contribution in [2.75, 3.05) is 19.7 Å². The average molecular weight is 212 g/mol. The van der Waals surface area contributed by atoms with Crippen LogP contribution in [0.25, 0.3) is 0 Å². The molecule has 0 bridgehead atoms. The second kappa shape index (κ2) is 3.76. The maximum atomic E-state index is 11.8. The van der Waals surface area contributed by atoms with Crippen LogP contribution in [-0.2, 0) is 4.79 Å². The van der Waals surface area contributed by atoms with Gasteiger partial charge in [-0.25, -0.2) is 0 Å². The predicted molar refractivity (Wildman–Crippen MR) is 57.1 cm³/mol. The number of amides is 1. The van der Waals surface area contributed by atoms with Gasteiger partial charge >= 0.3 is 0 Å². The highest BCUT2D eigenvalue weighted by atomic mass is 16.3. The SMILES string of the molecule is CC(N)C(=O)N1CC(CO)C2(CCC2)C1. The number of hydrogen-bond acceptors (Lipinski definition) is 3. The molecular formula is C11H20N2O2. The smallest absolute Gasteiger partial charge is 0.239 e. The Morgan fingerprint density at radius 2 is 2.33 bits per heavy atom. The Hall–Kier alpha value is -0.610. The molecule has 1 aliphatic carbocycles. The van der Waals surface area contributed by atoms with Crippen LogP contribution >= 0.6 is 0 Å². The van der Waals surface area contributed by atoms with E-state index in [2.05, 4.69) is 0 Å². The molecule has 0 aromatic heterocycles. The van der Waals surface area contributed by atoms with Crippen molar-refractivity contribution in [3.8, 4) is 0 Å². The van der Waals surface area contributed by atoms with Crippen LogP contribution in [0.2, 0.25) is 0 Å². The molecule has 2 aliphatic rings. The van der Waals surface area contributed by atoms with Crippen molar-refractivity contribution in [2.45, 2.75) is 32.2 Å². The van der Waals surface area contributed by atoms with Gasteiger partial charge in [0, 0.05) is 25.6 Å². The van der Waals surface area contributed by atoms with Crippen LogP contribution < -0.4 is 5.73 Å². The third kappa shape index (κ3) is 1.66. The van der Waals surface area contributed by atoms with Crippen LogP contribution in [0.4, 0.5) is 0 Å². The zero-order valence-electron chi connectivity index (χ0n) is 9.28. The fourth-order valence-corrected chi connectivity index (χ4v) is 2.94. The number of aliphatic hydroxyl groups is 1. The number of nitrogens with zero attached hydrogens (tertiary/aromatic N) is 1. The second-order valence-electron chi connectivity index (χ2n) is 5.10. The van der Waals surface area contributed by atoms with E-state index in [9.17, 15) is 9.90 Å². The Morgan fingerprint density at radius 1 is 1.67 bits per heavy atom. The van der Waals surface area contributed by atoms with Crippen molar-refractivity contribution < 1.29 is 9.90 Å². The standard InChI is InChI=1S/C11H20N2O2/c1-8(12)10(15)13-5-9(6-14)11(7-13)3-2-4-11/h8-9,14H,2-7,12H2,1H3. The normalized spacial score (nSPS) is 30.3. The van der Waals surface area contributed by atoms with Crippen LogP contribution in [0.1, 0.15) is 26.2 Å². The van der Waals surface area contributed by atoms with E-state index in [4.69, 9.17) is 5.73 Å². The molecule has 1 aliphatic heterocycles. The first-order valence-electron chi connectivity index (χ1n) is 5.74. The molecule has 4 nitrogen and oxygen atoms in total. The van der Waals surface area contributed by atoms with Gasteiger partial charge in [0.2, 0.25) is 5.91 Å². The highest BCUT2D eigenvalue weighted by molar-refractivity contribution is 5.81.